The number of halogens is 2. The highest BCUT2D eigenvalue weighted by atomic mass is 35.5. The first-order chi connectivity index (χ1) is 9.12. The topological polar surface area (TPSA) is 8.88 Å². The number of nitrogens with one attached hydrogen (secondary N) is 2. The van der Waals surface area contributed by atoms with Crippen molar-refractivity contribution in [1.29, 1.82) is 0 Å². The molecule has 0 radical (unpaired) electrons. The summed E-state index contributed by atoms with van der Waals surface area (Å²) >= 11 is 12.5. The first kappa shape index (κ1) is 16.8. The summed E-state index contributed by atoms with van der Waals surface area (Å²) in [5.74, 6) is 0. The van der Waals surface area contributed by atoms with Gasteiger partial charge in [0.2, 0.25) is 0 Å². The molecule has 1 atom stereocenters. The quantitative estimate of drug-likeness (QED) is 0.717. The van der Waals surface area contributed by atoms with E-state index in [4.69, 9.17) is 23.2 Å². The van der Waals surface area contributed by atoms with Crippen molar-refractivity contribution in [2.45, 2.75) is 27.3 Å². The Morgan fingerprint density at radius 2 is 1.32 bits per heavy atom. The lowest BCUT2D eigenvalue weighted by atomic mass is 10.2. The van der Waals surface area contributed by atoms with Gasteiger partial charge in [-0.3, -0.25) is 0 Å². The number of hydrogen-bond donors (Lipinski definition) is 2. The molecule has 0 amide bonds. The summed E-state index contributed by atoms with van der Waals surface area (Å²) < 4.78 is 0. The highest BCUT2D eigenvalue weighted by Crippen LogP contribution is 2.23. The third-order valence-corrected chi connectivity index (χ3v) is 4.53. The van der Waals surface area contributed by atoms with E-state index in [-0.39, 0.29) is 0 Å². The number of likely N-dealkylation sites (N-methyl/N-ethyl adjacent to an activating group) is 2. The molecule has 0 spiro atoms. The van der Waals surface area contributed by atoms with E-state index in [0.717, 1.165) is 35.2 Å². The number of quaternary nitrogens is 2. The predicted octanol–water partition coefficient (Wildman–Crippen LogP) is 1.32. The summed E-state index contributed by atoms with van der Waals surface area (Å²) in [7, 11) is 0. The Balaban J connectivity index is 2.61. The second-order valence-corrected chi connectivity index (χ2v) is 5.75. The molecule has 0 fully saturated rings. The van der Waals surface area contributed by atoms with E-state index in [1.807, 2.05) is 18.2 Å². The third kappa shape index (κ3) is 5.31. The molecule has 2 N–H and O–H groups in total. The second kappa shape index (κ2) is 8.80. The first-order valence-corrected chi connectivity index (χ1v) is 7.97. The van der Waals surface area contributed by atoms with Crippen LogP contribution >= 0.6 is 23.2 Å². The van der Waals surface area contributed by atoms with E-state index in [1.165, 1.54) is 24.5 Å². The Bertz CT molecular complexity index is 358. The van der Waals surface area contributed by atoms with E-state index in [0.29, 0.717) is 0 Å². The minimum Gasteiger partial charge on any atom is -0.331 e. The smallest absolute Gasteiger partial charge is 0.127 e. The van der Waals surface area contributed by atoms with Gasteiger partial charge in [0.1, 0.15) is 19.6 Å². The first-order valence-electron chi connectivity index (χ1n) is 7.22. The van der Waals surface area contributed by atoms with Gasteiger partial charge in [-0.15, -0.1) is 0 Å². The zero-order valence-electron chi connectivity index (χ0n) is 12.2. The number of hydrogen-bond acceptors (Lipinski definition) is 0. The van der Waals surface area contributed by atoms with Crippen molar-refractivity contribution >= 4 is 23.2 Å². The predicted molar refractivity (Wildman–Crippen MR) is 83.4 cm³/mol. The van der Waals surface area contributed by atoms with Crippen LogP contribution in [0.2, 0.25) is 10.0 Å². The fourth-order valence-electron chi connectivity index (χ4n) is 2.30. The van der Waals surface area contributed by atoms with Crippen molar-refractivity contribution in [3.8, 4) is 0 Å². The van der Waals surface area contributed by atoms with Gasteiger partial charge in [-0.1, -0.05) is 29.3 Å². The van der Waals surface area contributed by atoms with Gasteiger partial charge in [-0.05, 0) is 32.9 Å². The van der Waals surface area contributed by atoms with Crippen LogP contribution in [0.15, 0.2) is 18.2 Å². The monoisotopic (exact) mass is 304 g/mol. The van der Waals surface area contributed by atoms with Gasteiger partial charge in [0.25, 0.3) is 0 Å². The van der Waals surface area contributed by atoms with Gasteiger partial charge in [0.05, 0.1) is 29.7 Å². The summed E-state index contributed by atoms with van der Waals surface area (Å²) in [6.07, 6.45) is 0. The normalized spacial score (nSPS) is 12.9. The fourth-order valence-corrected chi connectivity index (χ4v) is 2.83. The molecule has 0 saturated heterocycles. The molecule has 0 bridgehead atoms. The standard InChI is InChI=1S/C15H24Cl2N2/c1-4-18(5-2)10-11-19(6-3)12-13-14(16)8-7-9-15(13)17/h7-9H,4-6,10-12H2,1-3H3/p+2. The van der Waals surface area contributed by atoms with Crippen LogP contribution in [0, 0.1) is 0 Å². The number of benzene rings is 1. The average molecular weight is 305 g/mol. The van der Waals surface area contributed by atoms with Gasteiger partial charge >= 0.3 is 0 Å². The van der Waals surface area contributed by atoms with Crippen LogP contribution in [-0.2, 0) is 6.54 Å². The van der Waals surface area contributed by atoms with Crippen molar-refractivity contribution < 1.29 is 9.80 Å². The van der Waals surface area contributed by atoms with Gasteiger partial charge < -0.3 is 9.80 Å². The Hall–Kier alpha value is -0.280. The molecule has 1 rings (SSSR count). The van der Waals surface area contributed by atoms with Crippen LogP contribution in [0.5, 0.6) is 0 Å². The van der Waals surface area contributed by atoms with E-state index in [9.17, 15) is 0 Å². The van der Waals surface area contributed by atoms with Crippen molar-refractivity contribution in [3.63, 3.8) is 0 Å². The molecular weight excluding hydrogens is 279 g/mol. The fraction of sp³-hybridized carbons (Fsp3) is 0.600. The second-order valence-electron chi connectivity index (χ2n) is 4.94. The lowest BCUT2D eigenvalue weighted by molar-refractivity contribution is -0.962. The van der Waals surface area contributed by atoms with Crippen molar-refractivity contribution in [2.24, 2.45) is 0 Å². The lowest BCUT2D eigenvalue weighted by Gasteiger charge is -2.22. The molecule has 0 aliphatic rings. The van der Waals surface area contributed by atoms with Gasteiger partial charge in [0.15, 0.2) is 0 Å². The summed E-state index contributed by atoms with van der Waals surface area (Å²) in [4.78, 5) is 3.19. The Morgan fingerprint density at radius 1 is 0.842 bits per heavy atom. The number of rotatable bonds is 8. The molecule has 1 unspecified atom stereocenters. The van der Waals surface area contributed by atoms with Gasteiger partial charge in [-0.25, -0.2) is 0 Å². The molecule has 0 aliphatic heterocycles. The molecule has 4 heteroatoms. The Kier molecular flexibility index (Phi) is 7.77. The third-order valence-electron chi connectivity index (χ3n) is 3.82. The molecule has 0 saturated carbocycles. The van der Waals surface area contributed by atoms with E-state index in [2.05, 4.69) is 20.8 Å². The summed E-state index contributed by atoms with van der Waals surface area (Å²) in [6.45, 7) is 13.5. The molecule has 19 heavy (non-hydrogen) atoms. The minimum atomic E-state index is 0.786. The van der Waals surface area contributed by atoms with Crippen molar-refractivity contribution in [2.75, 3.05) is 32.7 Å². The summed E-state index contributed by atoms with van der Waals surface area (Å²) in [5.41, 5.74) is 1.08. The molecule has 108 valence electrons. The van der Waals surface area contributed by atoms with Crippen LogP contribution in [0.25, 0.3) is 0 Å². The van der Waals surface area contributed by atoms with Crippen LogP contribution in [0.3, 0.4) is 0 Å². The average Bonchev–Trinajstić information content (AvgIpc) is 2.41. The maximum absolute atomic E-state index is 6.24. The molecule has 0 aliphatic carbocycles. The van der Waals surface area contributed by atoms with Crippen LogP contribution in [0.1, 0.15) is 26.3 Å². The molecule has 1 aromatic carbocycles. The van der Waals surface area contributed by atoms with Crippen LogP contribution < -0.4 is 9.80 Å². The van der Waals surface area contributed by atoms with Crippen LogP contribution in [-0.4, -0.2) is 32.7 Å². The van der Waals surface area contributed by atoms with E-state index >= 15 is 0 Å². The summed E-state index contributed by atoms with van der Waals surface area (Å²) in [6, 6.07) is 5.75. The van der Waals surface area contributed by atoms with Crippen molar-refractivity contribution in [3.05, 3.63) is 33.8 Å². The maximum atomic E-state index is 6.24. The molecular formula is C15H26Cl2N2+2. The summed E-state index contributed by atoms with van der Waals surface area (Å²) in [5, 5.41) is 1.57. The Morgan fingerprint density at radius 3 is 1.79 bits per heavy atom. The van der Waals surface area contributed by atoms with Gasteiger partial charge in [-0.2, -0.15) is 0 Å². The Labute approximate surface area is 127 Å². The molecule has 1 aromatic rings. The van der Waals surface area contributed by atoms with Crippen molar-refractivity contribution in [1.82, 2.24) is 0 Å². The maximum Gasteiger partial charge on any atom is 0.127 e. The van der Waals surface area contributed by atoms with Gasteiger partial charge in [0, 0.05) is 5.56 Å². The zero-order valence-corrected chi connectivity index (χ0v) is 13.7. The highest BCUT2D eigenvalue weighted by molar-refractivity contribution is 6.35. The van der Waals surface area contributed by atoms with E-state index in [1.54, 1.807) is 4.90 Å². The highest BCUT2D eigenvalue weighted by Gasteiger charge is 2.15. The molecule has 2 nitrogen and oxygen atoms in total. The molecule has 0 heterocycles. The lowest BCUT2D eigenvalue weighted by Crippen LogP contribution is -3.19. The molecule has 0 aromatic heterocycles. The SMILES string of the molecule is CC[NH+](CC)CC[NH+](CC)Cc1c(Cl)cccc1Cl. The largest absolute Gasteiger partial charge is 0.331 e. The van der Waals surface area contributed by atoms with E-state index < -0.39 is 0 Å². The van der Waals surface area contributed by atoms with Crippen LogP contribution in [0.4, 0.5) is 0 Å². The minimum absolute atomic E-state index is 0.786. The zero-order chi connectivity index (χ0) is 14.3.